The highest BCUT2D eigenvalue weighted by Crippen LogP contribution is 2.28. The molecule has 0 aliphatic carbocycles. The SMILES string of the molecule is COc1ccsc1C(=O)NC1CC2CCC(C1)N2. The highest BCUT2D eigenvalue weighted by Gasteiger charge is 2.34. The van der Waals surface area contributed by atoms with Crippen LogP contribution in [0.15, 0.2) is 11.4 Å². The minimum absolute atomic E-state index is 0.00755. The lowest BCUT2D eigenvalue weighted by Gasteiger charge is -2.29. The van der Waals surface area contributed by atoms with Gasteiger partial charge in [0.25, 0.3) is 5.91 Å². The van der Waals surface area contributed by atoms with Crippen molar-refractivity contribution in [1.82, 2.24) is 10.6 Å². The van der Waals surface area contributed by atoms with E-state index >= 15 is 0 Å². The van der Waals surface area contributed by atoms with Crippen molar-refractivity contribution in [2.45, 2.75) is 43.8 Å². The summed E-state index contributed by atoms with van der Waals surface area (Å²) in [5, 5.41) is 8.61. The van der Waals surface area contributed by atoms with Crippen LogP contribution in [-0.2, 0) is 0 Å². The van der Waals surface area contributed by atoms with Gasteiger partial charge in [-0.25, -0.2) is 0 Å². The van der Waals surface area contributed by atoms with Crippen LogP contribution in [0.2, 0.25) is 0 Å². The highest BCUT2D eigenvalue weighted by atomic mass is 32.1. The number of fused-ring (bicyclic) bond motifs is 2. The van der Waals surface area contributed by atoms with E-state index in [1.807, 2.05) is 11.4 Å². The topological polar surface area (TPSA) is 50.4 Å². The van der Waals surface area contributed by atoms with E-state index in [4.69, 9.17) is 4.74 Å². The Morgan fingerprint density at radius 3 is 2.83 bits per heavy atom. The number of piperidine rings is 1. The lowest BCUT2D eigenvalue weighted by Crippen LogP contribution is -2.47. The number of amides is 1. The maximum Gasteiger partial charge on any atom is 0.265 e. The molecule has 18 heavy (non-hydrogen) atoms. The minimum atomic E-state index is 0.00755. The van der Waals surface area contributed by atoms with Gasteiger partial charge in [0.15, 0.2) is 0 Å². The largest absolute Gasteiger partial charge is 0.495 e. The van der Waals surface area contributed by atoms with Crippen LogP contribution in [0.25, 0.3) is 0 Å². The molecule has 1 amide bonds. The van der Waals surface area contributed by atoms with Gasteiger partial charge in [0.2, 0.25) is 0 Å². The molecule has 2 bridgehead atoms. The second-order valence-electron chi connectivity index (χ2n) is 5.10. The molecule has 0 aromatic carbocycles. The van der Waals surface area contributed by atoms with E-state index in [2.05, 4.69) is 10.6 Å². The van der Waals surface area contributed by atoms with E-state index in [0.717, 1.165) is 12.8 Å². The fourth-order valence-corrected chi connectivity index (χ4v) is 3.81. The third-order valence-electron chi connectivity index (χ3n) is 3.86. The van der Waals surface area contributed by atoms with E-state index in [9.17, 15) is 4.79 Å². The number of thiophene rings is 1. The van der Waals surface area contributed by atoms with Crippen molar-refractivity contribution >= 4 is 17.2 Å². The molecule has 2 aliphatic rings. The molecule has 2 fully saturated rings. The van der Waals surface area contributed by atoms with Crippen LogP contribution in [0.4, 0.5) is 0 Å². The standard InChI is InChI=1S/C13H18N2O2S/c1-17-11-4-5-18-12(11)13(16)15-10-6-8-2-3-9(7-10)14-8/h4-5,8-10,14H,2-3,6-7H2,1H3,(H,15,16). The molecule has 1 aromatic rings. The average molecular weight is 266 g/mol. The molecule has 0 radical (unpaired) electrons. The third-order valence-corrected chi connectivity index (χ3v) is 4.76. The van der Waals surface area contributed by atoms with E-state index in [1.54, 1.807) is 7.11 Å². The summed E-state index contributed by atoms with van der Waals surface area (Å²) >= 11 is 1.44. The summed E-state index contributed by atoms with van der Waals surface area (Å²) in [6.45, 7) is 0. The van der Waals surface area contributed by atoms with Crippen molar-refractivity contribution in [3.8, 4) is 5.75 Å². The van der Waals surface area contributed by atoms with Gasteiger partial charge >= 0.3 is 0 Å². The van der Waals surface area contributed by atoms with Crippen LogP contribution < -0.4 is 15.4 Å². The average Bonchev–Trinajstić information content (AvgIpc) is 2.95. The van der Waals surface area contributed by atoms with Crippen molar-refractivity contribution in [2.24, 2.45) is 0 Å². The molecule has 1 aromatic heterocycles. The zero-order valence-corrected chi connectivity index (χ0v) is 11.3. The highest BCUT2D eigenvalue weighted by molar-refractivity contribution is 7.12. The maximum atomic E-state index is 12.2. The van der Waals surface area contributed by atoms with Crippen LogP contribution in [-0.4, -0.2) is 31.1 Å². The number of ether oxygens (including phenoxy) is 1. The second kappa shape index (κ2) is 4.90. The van der Waals surface area contributed by atoms with E-state index in [1.165, 1.54) is 24.2 Å². The quantitative estimate of drug-likeness (QED) is 0.876. The molecule has 0 saturated carbocycles. The number of methoxy groups -OCH3 is 1. The zero-order chi connectivity index (χ0) is 12.5. The van der Waals surface area contributed by atoms with E-state index < -0.39 is 0 Å². The van der Waals surface area contributed by atoms with Crippen LogP contribution in [0, 0.1) is 0 Å². The van der Waals surface area contributed by atoms with Crippen LogP contribution in [0.3, 0.4) is 0 Å². The smallest absolute Gasteiger partial charge is 0.265 e. The Labute approximate surface area is 111 Å². The van der Waals surface area contributed by atoms with Gasteiger partial charge in [-0.2, -0.15) is 0 Å². The van der Waals surface area contributed by atoms with Gasteiger partial charge < -0.3 is 15.4 Å². The lowest BCUT2D eigenvalue weighted by atomic mass is 10.00. The molecule has 4 nitrogen and oxygen atoms in total. The zero-order valence-electron chi connectivity index (χ0n) is 10.4. The van der Waals surface area contributed by atoms with Crippen molar-refractivity contribution < 1.29 is 9.53 Å². The summed E-state index contributed by atoms with van der Waals surface area (Å²) in [5.74, 6) is 0.683. The number of carbonyl (C=O) groups excluding carboxylic acids is 1. The molecule has 5 heteroatoms. The van der Waals surface area contributed by atoms with E-state index in [0.29, 0.717) is 28.8 Å². The molecule has 2 saturated heterocycles. The Bertz CT molecular complexity index is 434. The van der Waals surface area contributed by atoms with Gasteiger partial charge in [-0.05, 0) is 37.1 Å². The van der Waals surface area contributed by atoms with Gasteiger partial charge in [-0.1, -0.05) is 0 Å². The summed E-state index contributed by atoms with van der Waals surface area (Å²) in [4.78, 5) is 12.9. The number of rotatable bonds is 3. The predicted molar refractivity (Wildman–Crippen MR) is 71.3 cm³/mol. The lowest BCUT2D eigenvalue weighted by molar-refractivity contribution is 0.0925. The first-order chi connectivity index (χ1) is 8.76. The molecule has 0 spiro atoms. The molecule has 2 unspecified atom stereocenters. The van der Waals surface area contributed by atoms with Crippen LogP contribution in [0.1, 0.15) is 35.4 Å². The number of hydrogen-bond donors (Lipinski definition) is 2. The Hall–Kier alpha value is -1.07. The second-order valence-corrected chi connectivity index (χ2v) is 6.01. The van der Waals surface area contributed by atoms with Crippen molar-refractivity contribution in [3.63, 3.8) is 0 Å². The van der Waals surface area contributed by atoms with Gasteiger partial charge in [0, 0.05) is 18.1 Å². The summed E-state index contributed by atoms with van der Waals surface area (Å²) in [7, 11) is 1.60. The Balaban J connectivity index is 1.64. The van der Waals surface area contributed by atoms with Crippen molar-refractivity contribution in [3.05, 3.63) is 16.3 Å². The van der Waals surface area contributed by atoms with Crippen LogP contribution in [0.5, 0.6) is 5.75 Å². The van der Waals surface area contributed by atoms with Gasteiger partial charge in [0.1, 0.15) is 10.6 Å². The number of nitrogens with one attached hydrogen (secondary N) is 2. The van der Waals surface area contributed by atoms with E-state index in [-0.39, 0.29) is 5.91 Å². The molecular weight excluding hydrogens is 248 g/mol. The Kier molecular flexibility index (Phi) is 3.26. The fourth-order valence-electron chi connectivity index (χ4n) is 3.05. The molecule has 2 N–H and O–H groups in total. The maximum absolute atomic E-state index is 12.2. The minimum Gasteiger partial charge on any atom is -0.495 e. The first kappa shape index (κ1) is 12.0. The number of carbonyl (C=O) groups is 1. The summed E-state index contributed by atoms with van der Waals surface area (Å²) in [6.07, 6.45) is 4.60. The normalized spacial score (nSPS) is 30.2. The van der Waals surface area contributed by atoms with Crippen molar-refractivity contribution in [2.75, 3.05) is 7.11 Å². The van der Waals surface area contributed by atoms with Gasteiger partial charge in [-0.3, -0.25) is 4.79 Å². The van der Waals surface area contributed by atoms with Crippen LogP contribution >= 0.6 is 11.3 Å². The third kappa shape index (κ3) is 2.24. The molecular formula is C13H18N2O2S. The monoisotopic (exact) mass is 266 g/mol. The molecule has 98 valence electrons. The van der Waals surface area contributed by atoms with Gasteiger partial charge in [0.05, 0.1) is 7.11 Å². The molecule has 3 heterocycles. The van der Waals surface area contributed by atoms with Crippen molar-refractivity contribution in [1.29, 1.82) is 0 Å². The summed E-state index contributed by atoms with van der Waals surface area (Å²) in [5.41, 5.74) is 0. The summed E-state index contributed by atoms with van der Waals surface area (Å²) < 4.78 is 5.19. The molecule has 3 rings (SSSR count). The predicted octanol–water partition coefficient (Wildman–Crippen LogP) is 1.77. The summed E-state index contributed by atoms with van der Waals surface area (Å²) in [6, 6.07) is 3.34. The fraction of sp³-hybridized carbons (Fsp3) is 0.615. The molecule has 2 aliphatic heterocycles. The first-order valence-corrected chi connectivity index (χ1v) is 7.32. The Morgan fingerprint density at radius 1 is 1.44 bits per heavy atom. The van der Waals surface area contributed by atoms with Gasteiger partial charge in [-0.15, -0.1) is 11.3 Å². The number of hydrogen-bond acceptors (Lipinski definition) is 4. The Morgan fingerprint density at radius 2 is 2.17 bits per heavy atom. The first-order valence-electron chi connectivity index (χ1n) is 6.44. The molecule has 2 atom stereocenters.